The van der Waals surface area contributed by atoms with Gasteiger partial charge in [0.1, 0.15) is 0 Å². The molecule has 0 bridgehead atoms. The molecule has 1 N–H and O–H groups in total. The van der Waals surface area contributed by atoms with E-state index in [-0.39, 0.29) is 24.0 Å². The highest BCUT2D eigenvalue weighted by atomic mass is 16.5. The van der Waals surface area contributed by atoms with Crippen molar-refractivity contribution < 1.29 is 19.4 Å². The van der Waals surface area contributed by atoms with Crippen molar-refractivity contribution in [3.8, 4) is 0 Å². The third kappa shape index (κ3) is 9.66. The number of carbonyl (C=O) groups excluding carboxylic acids is 2. The van der Waals surface area contributed by atoms with Crippen molar-refractivity contribution in [3.63, 3.8) is 0 Å². The van der Waals surface area contributed by atoms with Crippen molar-refractivity contribution in [2.75, 3.05) is 7.11 Å². The quantitative estimate of drug-likeness (QED) is 0.329. The van der Waals surface area contributed by atoms with E-state index in [9.17, 15) is 14.7 Å². The molecule has 0 spiro atoms. The number of methoxy groups -OCH3 is 1. The molecule has 0 rings (SSSR count). The van der Waals surface area contributed by atoms with Crippen LogP contribution in [0.25, 0.3) is 0 Å². The molecule has 4 nitrogen and oxygen atoms in total. The summed E-state index contributed by atoms with van der Waals surface area (Å²) in [5.74, 6) is -0.0481. The zero-order valence-electron chi connectivity index (χ0n) is 15.9. The Balaban J connectivity index is 4.66. The Morgan fingerprint density at radius 3 is 2.25 bits per heavy atom. The summed E-state index contributed by atoms with van der Waals surface area (Å²) in [5, 5.41) is 10.2. The van der Waals surface area contributed by atoms with Crippen LogP contribution >= 0.6 is 0 Å². The maximum Gasteiger partial charge on any atom is 0.308 e. The normalized spacial score (nSPS) is 16.0. The highest BCUT2D eigenvalue weighted by Crippen LogP contribution is 2.22. The van der Waals surface area contributed by atoms with Gasteiger partial charge in [-0.1, -0.05) is 44.9 Å². The summed E-state index contributed by atoms with van der Waals surface area (Å²) in [6, 6.07) is 0. The molecule has 0 aliphatic heterocycles. The summed E-state index contributed by atoms with van der Waals surface area (Å²) >= 11 is 0. The number of carbonyl (C=O) groups is 2. The van der Waals surface area contributed by atoms with E-state index >= 15 is 0 Å². The van der Waals surface area contributed by atoms with Gasteiger partial charge in [0.05, 0.1) is 19.6 Å². The SMILES string of the molecule is CC/C=C/[C@H](CC)CC(=O)/C=C(\C)C[C@H](CC)[C@H](O)CC(=O)OC. The zero-order chi connectivity index (χ0) is 18.5. The van der Waals surface area contributed by atoms with Gasteiger partial charge in [-0.05, 0) is 44.1 Å². The van der Waals surface area contributed by atoms with Crippen molar-refractivity contribution in [1.82, 2.24) is 0 Å². The lowest BCUT2D eigenvalue weighted by Gasteiger charge is -2.21. The molecule has 0 radical (unpaired) electrons. The molecule has 0 heterocycles. The highest BCUT2D eigenvalue weighted by Gasteiger charge is 2.21. The molecule has 0 saturated heterocycles. The van der Waals surface area contributed by atoms with Gasteiger partial charge >= 0.3 is 5.97 Å². The average molecular weight is 338 g/mol. The standard InChI is InChI=1S/C20H34O4/c1-6-9-10-16(7-2)13-18(21)12-15(4)11-17(8-3)19(22)14-20(23)24-5/h9-10,12,16-17,19,22H,6-8,11,13-14H2,1-5H3/b10-9+,15-12+/t16-,17-,19+/m0/s1. The van der Waals surface area contributed by atoms with E-state index in [0.29, 0.717) is 12.8 Å². The maximum absolute atomic E-state index is 12.2. The Hall–Kier alpha value is -1.42. The smallest absolute Gasteiger partial charge is 0.308 e. The molecule has 0 aromatic heterocycles. The first kappa shape index (κ1) is 22.6. The van der Waals surface area contributed by atoms with E-state index in [1.165, 1.54) is 7.11 Å². The largest absolute Gasteiger partial charge is 0.469 e. The lowest BCUT2D eigenvalue weighted by Crippen LogP contribution is -2.24. The number of aliphatic hydroxyl groups excluding tert-OH is 1. The molecule has 0 amide bonds. The lowest BCUT2D eigenvalue weighted by molar-refractivity contribution is -0.143. The van der Waals surface area contributed by atoms with Crippen LogP contribution in [0, 0.1) is 11.8 Å². The Morgan fingerprint density at radius 2 is 1.75 bits per heavy atom. The number of ether oxygens (including phenoxy) is 1. The van der Waals surface area contributed by atoms with E-state index in [1.807, 2.05) is 13.8 Å². The molecule has 24 heavy (non-hydrogen) atoms. The fourth-order valence-corrected chi connectivity index (χ4v) is 2.71. The molecule has 0 aromatic rings. The number of ketones is 1. The number of rotatable bonds is 12. The molecule has 0 saturated carbocycles. The molecule has 0 aromatic carbocycles. The van der Waals surface area contributed by atoms with Gasteiger partial charge in [-0.2, -0.15) is 0 Å². The molecule has 0 aliphatic carbocycles. The van der Waals surface area contributed by atoms with E-state index in [0.717, 1.165) is 24.8 Å². The molecule has 4 heteroatoms. The summed E-state index contributed by atoms with van der Waals surface area (Å²) < 4.78 is 4.60. The monoisotopic (exact) mass is 338 g/mol. The summed E-state index contributed by atoms with van der Waals surface area (Å²) in [7, 11) is 1.32. The van der Waals surface area contributed by atoms with E-state index in [1.54, 1.807) is 6.08 Å². The maximum atomic E-state index is 12.2. The molecule has 3 atom stereocenters. The minimum Gasteiger partial charge on any atom is -0.469 e. The van der Waals surface area contributed by atoms with Gasteiger partial charge in [-0.3, -0.25) is 9.59 Å². The number of allylic oxidation sites excluding steroid dienone is 4. The van der Waals surface area contributed by atoms with Crippen LogP contribution in [0.4, 0.5) is 0 Å². The van der Waals surface area contributed by atoms with E-state index < -0.39 is 12.1 Å². The fraction of sp³-hybridized carbons (Fsp3) is 0.700. The third-order valence-corrected chi connectivity index (χ3v) is 4.30. The molecule has 0 aliphatic rings. The summed E-state index contributed by atoms with van der Waals surface area (Å²) in [6.07, 6.45) is 8.98. The van der Waals surface area contributed by atoms with Crippen LogP contribution in [0.2, 0.25) is 0 Å². The van der Waals surface area contributed by atoms with Crippen molar-refractivity contribution in [2.24, 2.45) is 11.8 Å². The average Bonchev–Trinajstić information content (AvgIpc) is 2.55. The van der Waals surface area contributed by atoms with Gasteiger partial charge in [-0.15, -0.1) is 0 Å². The van der Waals surface area contributed by atoms with Gasteiger partial charge in [0, 0.05) is 6.42 Å². The Kier molecular flexibility index (Phi) is 12.2. The van der Waals surface area contributed by atoms with Crippen LogP contribution in [0.3, 0.4) is 0 Å². The minimum atomic E-state index is -0.739. The van der Waals surface area contributed by atoms with Crippen LogP contribution in [0.1, 0.15) is 66.2 Å². The first-order valence-electron chi connectivity index (χ1n) is 8.99. The van der Waals surface area contributed by atoms with Crippen LogP contribution in [-0.2, 0) is 14.3 Å². The summed E-state index contributed by atoms with van der Waals surface area (Å²) in [5.41, 5.74) is 0.949. The predicted octanol–water partition coefficient (Wildman–Crippen LogP) is 4.22. The van der Waals surface area contributed by atoms with Crippen molar-refractivity contribution in [2.45, 2.75) is 72.3 Å². The van der Waals surface area contributed by atoms with Crippen molar-refractivity contribution >= 4 is 11.8 Å². The number of aliphatic hydroxyl groups is 1. The molecule has 138 valence electrons. The van der Waals surface area contributed by atoms with Gasteiger partial charge < -0.3 is 9.84 Å². The molecule has 0 unspecified atom stereocenters. The second-order valence-corrected chi connectivity index (χ2v) is 6.39. The lowest BCUT2D eigenvalue weighted by atomic mass is 9.89. The van der Waals surface area contributed by atoms with Crippen LogP contribution in [0.5, 0.6) is 0 Å². The summed E-state index contributed by atoms with van der Waals surface area (Å²) in [6.45, 7) is 8.06. The van der Waals surface area contributed by atoms with Crippen molar-refractivity contribution in [1.29, 1.82) is 0 Å². The van der Waals surface area contributed by atoms with E-state index in [4.69, 9.17) is 0 Å². The van der Waals surface area contributed by atoms with Gasteiger partial charge in [-0.25, -0.2) is 0 Å². The predicted molar refractivity (Wildman–Crippen MR) is 97.6 cm³/mol. The second kappa shape index (κ2) is 12.9. The summed E-state index contributed by atoms with van der Waals surface area (Å²) in [4.78, 5) is 23.5. The third-order valence-electron chi connectivity index (χ3n) is 4.30. The Morgan fingerprint density at radius 1 is 1.08 bits per heavy atom. The topological polar surface area (TPSA) is 63.6 Å². The first-order chi connectivity index (χ1) is 11.4. The van der Waals surface area contributed by atoms with Crippen LogP contribution in [0.15, 0.2) is 23.8 Å². The highest BCUT2D eigenvalue weighted by molar-refractivity contribution is 5.90. The van der Waals surface area contributed by atoms with E-state index in [2.05, 4.69) is 30.7 Å². The fourth-order valence-electron chi connectivity index (χ4n) is 2.71. The Bertz CT molecular complexity index is 437. The molecular weight excluding hydrogens is 304 g/mol. The zero-order valence-corrected chi connectivity index (χ0v) is 15.9. The second-order valence-electron chi connectivity index (χ2n) is 6.39. The van der Waals surface area contributed by atoms with Crippen molar-refractivity contribution in [3.05, 3.63) is 23.8 Å². The number of hydrogen-bond acceptors (Lipinski definition) is 4. The number of esters is 1. The van der Waals surface area contributed by atoms with Gasteiger partial charge in [0.15, 0.2) is 5.78 Å². The Labute approximate surface area is 147 Å². The minimum absolute atomic E-state index is 0.00401. The van der Waals surface area contributed by atoms with Crippen LogP contribution < -0.4 is 0 Å². The molecule has 0 fully saturated rings. The molecular formula is C20H34O4. The van der Waals surface area contributed by atoms with Crippen LogP contribution in [-0.4, -0.2) is 30.1 Å². The first-order valence-corrected chi connectivity index (χ1v) is 8.99. The number of hydrogen-bond donors (Lipinski definition) is 1. The van der Waals surface area contributed by atoms with Gasteiger partial charge in [0.2, 0.25) is 0 Å². The van der Waals surface area contributed by atoms with Gasteiger partial charge in [0.25, 0.3) is 0 Å².